The molecular formula is C21H32N2O8. The van der Waals surface area contributed by atoms with Crippen molar-refractivity contribution in [2.75, 3.05) is 33.5 Å². The van der Waals surface area contributed by atoms with Gasteiger partial charge in [0.1, 0.15) is 18.3 Å². The van der Waals surface area contributed by atoms with Crippen LogP contribution in [0.4, 0.5) is 0 Å². The van der Waals surface area contributed by atoms with Crippen LogP contribution in [0.25, 0.3) is 0 Å². The predicted molar refractivity (Wildman–Crippen MR) is 110 cm³/mol. The summed E-state index contributed by atoms with van der Waals surface area (Å²) in [5, 5.41) is 12.7. The van der Waals surface area contributed by atoms with E-state index in [0.29, 0.717) is 13.2 Å². The first kappa shape index (κ1) is 24.8. The number of cyclic esters (lactones) is 1. The van der Waals surface area contributed by atoms with Crippen molar-refractivity contribution in [3.63, 3.8) is 0 Å². The van der Waals surface area contributed by atoms with Crippen molar-refractivity contribution in [2.45, 2.75) is 58.0 Å². The van der Waals surface area contributed by atoms with E-state index >= 15 is 0 Å². The highest BCUT2D eigenvalue weighted by molar-refractivity contribution is 5.98. The minimum Gasteiger partial charge on any atom is -0.503 e. The molecule has 10 nitrogen and oxygen atoms in total. The van der Waals surface area contributed by atoms with E-state index in [2.05, 4.69) is 10.3 Å². The van der Waals surface area contributed by atoms with Crippen LogP contribution in [0.5, 0.6) is 11.5 Å². The Kier molecular flexibility index (Phi) is 9.96. The first-order chi connectivity index (χ1) is 14.9. The van der Waals surface area contributed by atoms with Crippen molar-refractivity contribution in [1.82, 2.24) is 10.3 Å². The molecule has 1 fully saturated rings. The molecule has 10 heteroatoms. The van der Waals surface area contributed by atoms with Gasteiger partial charge in [-0.2, -0.15) is 0 Å². The number of nitrogens with zero attached hydrogens (tertiary/aromatic N) is 1. The van der Waals surface area contributed by atoms with E-state index < -0.39 is 42.0 Å². The maximum atomic E-state index is 12.7. The lowest BCUT2D eigenvalue weighted by Crippen LogP contribution is -2.47. The number of aromatic nitrogens is 1. The van der Waals surface area contributed by atoms with Crippen molar-refractivity contribution in [3.8, 4) is 11.5 Å². The molecule has 2 N–H and O–H groups in total. The number of nitrogens with one attached hydrogen (secondary N) is 1. The minimum absolute atomic E-state index is 0.0916. The van der Waals surface area contributed by atoms with E-state index in [1.54, 1.807) is 6.92 Å². The molecule has 1 aliphatic rings. The summed E-state index contributed by atoms with van der Waals surface area (Å²) in [6.07, 6.45) is 1.39. The molecule has 31 heavy (non-hydrogen) atoms. The van der Waals surface area contributed by atoms with Gasteiger partial charge in [0.25, 0.3) is 5.91 Å². The normalized spacial score (nSPS) is 24.5. The fourth-order valence-electron chi connectivity index (χ4n) is 3.10. The lowest BCUT2D eigenvalue weighted by Gasteiger charge is -2.30. The summed E-state index contributed by atoms with van der Waals surface area (Å²) in [5.41, 5.74) is -0.270. The quantitative estimate of drug-likeness (QED) is 0.549. The number of ether oxygens (including phenoxy) is 5. The molecule has 1 amide bonds. The third kappa shape index (κ3) is 6.78. The summed E-state index contributed by atoms with van der Waals surface area (Å²) < 4.78 is 28.0. The van der Waals surface area contributed by atoms with Crippen LogP contribution in [-0.4, -0.2) is 79.9 Å². The summed E-state index contributed by atoms with van der Waals surface area (Å²) in [4.78, 5) is 29.2. The first-order valence-electron chi connectivity index (χ1n) is 10.5. The number of hydrogen-bond acceptors (Lipinski definition) is 9. The molecule has 174 valence electrons. The number of pyridine rings is 1. The fraction of sp³-hybridized carbons (Fsp3) is 0.667. The second kappa shape index (κ2) is 12.4. The van der Waals surface area contributed by atoms with E-state index in [4.69, 9.17) is 23.7 Å². The Morgan fingerprint density at radius 1 is 1.26 bits per heavy atom. The van der Waals surface area contributed by atoms with Crippen LogP contribution in [0.15, 0.2) is 12.3 Å². The van der Waals surface area contributed by atoms with Crippen LogP contribution < -0.4 is 10.1 Å². The molecule has 4 atom stereocenters. The number of hydrogen-bond donors (Lipinski definition) is 2. The van der Waals surface area contributed by atoms with Gasteiger partial charge in [0.05, 0.1) is 20.3 Å². The van der Waals surface area contributed by atoms with Gasteiger partial charge in [0.15, 0.2) is 23.2 Å². The van der Waals surface area contributed by atoms with Crippen molar-refractivity contribution < 1.29 is 38.4 Å². The maximum absolute atomic E-state index is 12.7. The fourth-order valence-corrected chi connectivity index (χ4v) is 3.10. The van der Waals surface area contributed by atoms with Gasteiger partial charge >= 0.3 is 5.97 Å². The average molecular weight is 440 g/mol. The number of rotatable bonds is 9. The molecular weight excluding hydrogens is 408 g/mol. The van der Waals surface area contributed by atoms with Crippen molar-refractivity contribution in [1.29, 1.82) is 0 Å². The summed E-state index contributed by atoms with van der Waals surface area (Å²) in [7, 11) is 1.36. The monoisotopic (exact) mass is 440 g/mol. The van der Waals surface area contributed by atoms with Gasteiger partial charge in [-0.15, -0.1) is 0 Å². The van der Waals surface area contributed by atoms with Crippen molar-refractivity contribution >= 4 is 11.9 Å². The Morgan fingerprint density at radius 3 is 2.65 bits per heavy atom. The predicted octanol–water partition coefficient (Wildman–Crippen LogP) is 1.45. The average Bonchev–Trinajstić information content (AvgIpc) is 2.80. The zero-order chi connectivity index (χ0) is 22.8. The van der Waals surface area contributed by atoms with Crippen LogP contribution in [0.1, 0.15) is 44.1 Å². The molecule has 0 unspecified atom stereocenters. The maximum Gasteiger partial charge on any atom is 0.331 e. The van der Waals surface area contributed by atoms with Crippen molar-refractivity contribution in [3.05, 3.63) is 18.0 Å². The molecule has 1 aromatic rings. The zero-order valence-electron chi connectivity index (χ0n) is 18.5. The number of amides is 1. The van der Waals surface area contributed by atoms with Crippen LogP contribution >= 0.6 is 0 Å². The van der Waals surface area contributed by atoms with E-state index in [9.17, 15) is 14.7 Å². The second-order valence-electron chi connectivity index (χ2n) is 7.16. The smallest absolute Gasteiger partial charge is 0.331 e. The number of esters is 1. The Labute approximate surface area is 182 Å². The van der Waals surface area contributed by atoms with Crippen molar-refractivity contribution in [2.24, 2.45) is 0 Å². The molecule has 0 aliphatic carbocycles. The van der Waals surface area contributed by atoms with Gasteiger partial charge < -0.3 is 34.1 Å². The van der Waals surface area contributed by atoms with Gasteiger partial charge in [-0.25, -0.2) is 9.78 Å². The lowest BCUT2D eigenvalue weighted by molar-refractivity contribution is -0.167. The largest absolute Gasteiger partial charge is 0.503 e. The molecule has 0 spiro atoms. The summed E-state index contributed by atoms with van der Waals surface area (Å²) >= 11 is 0. The minimum atomic E-state index is -1.10. The number of carbonyl (C=O) groups excluding carboxylic acids is 2. The molecule has 2 rings (SSSR count). The Hall–Kier alpha value is -2.43. The van der Waals surface area contributed by atoms with E-state index in [1.807, 2.05) is 13.8 Å². The number of carbonyl (C=O) groups is 2. The molecule has 0 bridgehead atoms. The van der Waals surface area contributed by atoms with Gasteiger partial charge in [-0.05, 0) is 19.8 Å². The molecule has 0 aromatic carbocycles. The summed E-state index contributed by atoms with van der Waals surface area (Å²) in [6.45, 7) is 6.74. The number of methoxy groups -OCH3 is 1. The van der Waals surface area contributed by atoms with E-state index in [1.165, 1.54) is 19.4 Å². The summed E-state index contributed by atoms with van der Waals surface area (Å²) in [6, 6.07) is 0.317. The molecule has 1 aliphatic heterocycles. The number of aromatic hydroxyl groups is 1. The van der Waals surface area contributed by atoms with Gasteiger partial charge in [0.2, 0.25) is 0 Å². The van der Waals surface area contributed by atoms with Crippen LogP contribution in [-0.2, 0) is 23.7 Å². The Morgan fingerprint density at radius 2 is 1.97 bits per heavy atom. The van der Waals surface area contributed by atoms with Gasteiger partial charge in [-0.3, -0.25) is 4.79 Å². The van der Waals surface area contributed by atoms with Crippen LogP contribution in [0, 0.1) is 0 Å². The highest BCUT2D eigenvalue weighted by atomic mass is 16.6. The van der Waals surface area contributed by atoms with E-state index in [0.717, 1.165) is 12.8 Å². The SMILES string of the molecule is CCCO[C@H]1[C@H](C)OC(=O)[C@@H](NC(=O)c2nccc(OC)c2O)COC[C@@H]1OCCC. The van der Waals surface area contributed by atoms with Gasteiger partial charge in [0, 0.05) is 25.5 Å². The molecule has 1 aromatic heterocycles. The molecule has 0 radical (unpaired) electrons. The summed E-state index contributed by atoms with van der Waals surface area (Å²) in [5.74, 6) is -1.76. The van der Waals surface area contributed by atoms with Crippen LogP contribution in [0.3, 0.4) is 0 Å². The lowest BCUT2D eigenvalue weighted by atomic mass is 10.1. The van der Waals surface area contributed by atoms with Crippen LogP contribution in [0.2, 0.25) is 0 Å². The van der Waals surface area contributed by atoms with E-state index in [-0.39, 0.29) is 24.7 Å². The molecule has 2 heterocycles. The third-order valence-electron chi connectivity index (χ3n) is 4.66. The second-order valence-corrected chi connectivity index (χ2v) is 7.16. The highest BCUT2D eigenvalue weighted by Gasteiger charge is 2.36. The first-order valence-corrected chi connectivity index (χ1v) is 10.5. The third-order valence-corrected chi connectivity index (χ3v) is 4.66. The Bertz CT molecular complexity index is 729. The van der Waals surface area contributed by atoms with Gasteiger partial charge in [-0.1, -0.05) is 13.8 Å². The topological polar surface area (TPSA) is 125 Å². The standard InChI is InChI=1S/C21H32N2O8/c1-5-9-29-16-12-28-11-14(21(26)31-13(3)19(16)30-10-6-2)23-20(25)17-18(24)15(27-4)7-8-22-17/h7-8,13-14,16,19,24H,5-6,9-12H2,1-4H3,(H,23,25)/t13-,14-,16-,19-/m0/s1. The highest BCUT2D eigenvalue weighted by Crippen LogP contribution is 2.27. The molecule has 0 saturated carbocycles. The Balaban J connectivity index is 2.15. The molecule has 1 saturated heterocycles. The zero-order valence-corrected chi connectivity index (χ0v) is 18.5.